The molecule has 0 bridgehead atoms. The summed E-state index contributed by atoms with van der Waals surface area (Å²) >= 11 is 0. The lowest BCUT2D eigenvalue weighted by atomic mass is 9.52. The molecule has 1 N–H and O–H groups in total. The first-order valence-corrected chi connectivity index (χ1v) is 11.6. The molecule has 0 spiro atoms. The number of fused-ring (bicyclic) bond motifs is 5. The van der Waals surface area contributed by atoms with Gasteiger partial charge in [-0.25, -0.2) is 0 Å². The minimum absolute atomic E-state index is 0.348. The van der Waals surface area contributed by atoms with Crippen LogP contribution in [0.4, 0.5) is 0 Å². The summed E-state index contributed by atoms with van der Waals surface area (Å²) in [7, 11) is 4.22. The number of aromatic hydroxyl groups is 1. The topological polar surface area (TPSA) is 32.7 Å². The average molecular weight is 398 g/mol. The van der Waals surface area contributed by atoms with E-state index in [-0.39, 0.29) is 0 Å². The molecule has 1 aromatic carbocycles. The van der Waals surface area contributed by atoms with E-state index in [0.29, 0.717) is 29.0 Å². The van der Waals surface area contributed by atoms with Crippen LogP contribution in [-0.2, 0) is 11.2 Å². The van der Waals surface area contributed by atoms with Gasteiger partial charge in [0.1, 0.15) is 5.75 Å². The van der Waals surface area contributed by atoms with Gasteiger partial charge in [0.25, 0.3) is 0 Å². The van der Waals surface area contributed by atoms with E-state index < -0.39 is 0 Å². The van der Waals surface area contributed by atoms with E-state index in [4.69, 9.17) is 4.74 Å². The lowest BCUT2D eigenvalue weighted by Crippen LogP contribution is -2.43. The molecule has 3 heteroatoms. The third kappa shape index (κ3) is 3.77. The second kappa shape index (κ2) is 8.07. The molecule has 0 heterocycles. The van der Waals surface area contributed by atoms with Gasteiger partial charge in [0.05, 0.1) is 13.2 Å². The van der Waals surface area contributed by atoms with Crippen molar-refractivity contribution in [3.05, 3.63) is 41.0 Å². The molecule has 0 saturated heterocycles. The number of hydrogen-bond donors (Lipinski definition) is 1. The third-order valence-corrected chi connectivity index (χ3v) is 8.59. The molecule has 0 aliphatic heterocycles. The zero-order valence-electron chi connectivity index (χ0n) is 18.9. The Morgan fingerprint density at radius 1 is 1.31 bits per heavy atom. The van der Waals surface area contributed by atoms with Crippen molar-refractivity contribution in [3.63, 3.8) is 0 Å². The number of allylic oxidation sites excluding steroid dienone is 1. The fraction of sp³-hybridized carbons (Fsp3) is 0.692. The van der Waals surface area contributed by atoms with Crippen LogP contribution in [0.3, 0.4) is 0 Å². The van der Waals surface area contributed by atoms with Crippen LogP contribution in [-0.4, -0.2) is 43.4 Å². The number of phenols is 1. The van der Waals surface area contributed by atoms with E-state index in [1.54, 1.807) is 5.57 Å². The zero-order chi connectivity index (χ0) is 20.8. The number of benzene rings is 1. The molecule has 3 nitrogen and oxygen atoms in total. The number of ether oxygens (including phenoxy) is 1. The highest BCUT2D eigenvalue weighted by molar-refractivity contribution is 5.41. The molecule has 0 aromatic heterocycles. The summed E-state index contributed by atoms with van der Waals surface area (Å²) in [4.78, 5) is 2.21. The lowest BCUT2D eigenvalue weighted by Gasteiger charge is -2.52. The van der Waals surface area contributed by atoms with Crippen LogP contribution in [0.1, 0.15) is 63.5 Å². The zero-order valence-corrected chi connectivity index (χ0v) is 18.9. The molecular weight excluding hydrogens is 358 g/mol. The highest BCUT2D eigenvalue weighted by atomic mass is 16.5. The van der Waals surface area contributed by atoms with Gasteiger partial charge in [-0.2, -0.15) is 0 Å². The molecular formula is C26H39NO2. The van der Waals surface area contributed by atoms with Gasteiger partial charge in [-0.1, -0.05) is 31.6 Å². The van der Waals surface area contributed by atoms with E-state index in [9.17, 15) is 5.11 Å². The molecule has 4 rings (SSSR count). The maximum absolute atomic E-state index is 9.94. The van der Waals surface area contributed by atoms with Gasteiger partial charge in [-0.15, -0.1) is 0 Å². The summed E-state index contributed by atoms with van der Waals surface area (Å²) in [6.45, 7) is 8.74. The Kier molecular flexibility index (Phi) is 5.83. The van der Waals surface area contributed by atoms with Crippen LogP contribution in [0.25, 0.3) is 0 Å². The predicted octanol–water partition coefficient (Wildman–Crippen LogP) is 5.39. The molecule has 0 amide bonds. The minimum atomic E-state index is 0.348. The van der Waals surface area contributed by atoms with Gasteiger partial charge in [0.2, 0.25) is 0 Å². The molecule has 1 aromatic rings. The van der Waals surface area contributed by atoms with Crippen molar-refractivity contribution in [2.24, 2.45) is 23.2 Å². The van der Waals surface area contributed by atoms with Crippen molar-refractivity contribution in [2.75, 3.05) is 27.3 Å². The maximum Gasteiger partial charge on any atom is 0.115 e. The second-order valence-electron chi connectivity index (χ2n) is 10.4. The Bertz CT molecular complexity index is 770. The molecule has 6 unspecified atom stereocenters. The highest BCUT2D eigenvalue weighted by Gasteiger charge is 2.54. The monoisotopic (exact) mass is 397 g/mol. The fourth-order valence-corrected chi connectivity index (χ4v) is 6.70. The highest BCUT2D eigenvalue weighted by Crippen LogP contribution is 2.63. The Labute approximate surface area is 177 Å². The van der Waals surface area contributed by atoms with E-state index >= 15 is 0 Å². The van der Waals surface area contributed by atoms with Crippen LogP contribution >= 0.6 is 0 Å². The van der Waals surface area contributed by atoms with Gasteiger partial charge in [-0.3, -0.25) is 0 Å². The summed E-state index contributed by atoms with van der Waals surface area (Å²) in [5, 5.41) is 9.94. The smallest absolute Gasteiger partial charge is 0.115 e. The largest absolute Gasteiger partial charge is 0.508 e. The second-order valence-corrected chi connectivity index (χ2v) is 10.4. The van der Waals surface area contributed by atoms with Crippen LogP contribution in [0.5, 0.6) is 5.75 Å². The quantitative estimate of drug-likeness (QED) is 0.534. The predicted molar refractivity (Wildman–Crippen MR) is 119 cm³/mol. The summed E-state index contributed by atoms with van der Waals surface area (Å²) in [6, 6.07) is 6.58. The molecule has 0 radical (unpaired) electrons. The van der Waals surface area contributed by atoms with E-state index in [1.807, 2.05) is 12.1 Å². The van der Waals surface area contributed by atoms with E-state index in [0.717, 1.165) is 31.5 Å². The molecule has 2 fully saturated rings. The Morgan fingerprint density at radius 3 is 2.86 bits per heavy atom. The van der Waals surface area contributed by atoms with Crippen molar-refractivity contribution in [1.82, 2.24) is 4.90 Å². The van der Waals surface area contributed by atoms with Crippen molar-refractivity contribution in [2.45, 2.75) is 64.8 Å². The number of nitrogens with zero attached hydrogens (tertiary/aromatic N) is 1. The van der Waals surface area contributed by atoms with Gasteiger partial charge in [0, 0.05) is 6.04 Å². The molecule has 3 aliphatic rings. The first-order valence-electron chi connectivity index (χ1n) is 11.6. The van der Waals surface area contributed by atoms with Crippen LogP contribution in [0.15, 0.2) is 29.8 Å². The normalized spacial score (nSPS) is 36.0. The van der Waals surface area contributed by atoms with Gasteiger partial charge in [0.15, 0.2) is 0 Å². The summed E-state index contributed by atoms with van der Waals surface area (Å²) in [6.07, 6.45) is 8.66. The Morgan fingerprint density at radius 2 is 2.10 bits per heavy atom. The maximum atomic E-state index is 9.94. The van der Waals surface area contributed by atoms with Crippen molar-refractivity contribution in [3.8, 4) is 5.75 Å². The van der Waals surface area contributed by atoms with Crippen LogP contribution in [0.2, 0.25) is 0 Å². The van der Waals surface area contributed by atoms with E-state index in [2.05, 4.69) is 51.9 Å². The number of hydrogen-bond acceptors (Lipinski definition) is 3. The van der Waals surface area contributed by atoms with Crippen molar-refractivity contribution in [1.29, 1.82) is 0 Å². The first-order chi connectivity index (χ1) is 13.8. The molecule has 2 saturated carbocycles. The van der Waals surface area contributed by atoms with E-state index in [1.165, 1.54) is 36.8 Å². The summed E-state index contributed by atoms with van der Waals surface area (Å²) in [5.74, 6) is 3.33. The standard InChI is InChI=1S/C26H39NO2/c1-17-14-19-15-21(28)7-8-22(19)23-10-12-26(3)20(6-9-24(26)25(17)23)11-13-29-16-18(2)27(4)5/h7-8,11,15,17-18,23-25,28H,6,9-10,12-14,16H2,1-5H3. The van der Waals surface area contributed by atoms with Crippen molar-refractivity contribution >= 4 is 0 Å². The molecule has 6 atom stereocenters. The van der Waals surface area contributed by atoms with Crippen molar-refractivity contribution < 1.29 is 9.84 Å². The Balaban J connectivity index is 1.49. The average Bonchev–Trinajstić information content (AvgIpc) is 3.00. The molecule has 3 aliphatic carbocycles. The van der Waals surface area contributed by atoms with Crippen LogP contribution < -0.4 is 0 Å². The lowest BCUT2D eigenvalue weighted by molar-refractivity contribution is 0.0481. The van der Waals surface area contributed by atoms with Gasteiger partial charge < -0.3 is 14.7 Å². The minimum Gasteiger partial charge on any atom is -0.508 e. The number of phenolic OH excluding ortho intramolecular Hbond substituents is 1. The molecule has 29 heavy (non-hydrogen) atoms. The van der Waals surface area contributed by atoms with Crippen LogP contribution in [0, 0.1) is 23.2 Å². The third-order valence-electron chi connectivity index (χ3n) is 8.59. The fourth-order valence-electron chi connectivity index (χ4n) is 6.70. The SMILES string of the molecule is CC1Cc2cc(O)ccc2C2CCC3(C)C(=CCOCC(C)N(C)C)CCC3C12. The summed E-state index contributed by atoms with van der Waals surface area (Å²) in [5.41, 5.74) is 4.91. The number of likely N-dealkylation sites (N-methyl/N-ethyl adjacent to an activating group) is 1. The number of rotatable bonds is 5. The van der Waals surface area contributed by atoms with Gasteiger partial charge in [-0.05, 0) is 105 Å². The molecule has 160 valence electrons. The Hall–Kier alpha value is -1.32. The van der Waals surface area contributed by atoms with Gasteiger partial charge >= 0.3 is 0 Å². The summed E-state index contributed by atoms with van der Waals surface area (Å²) < 4.78 is 5.99. The first kappa shape index (κ1) is 20.9.